The lowest BCUT2D eigenvalue weighted by Crippen LogP contribution is -2.48. The Morgan fingerprint density at radius 2 is 1.87 bits per heavy atom. The highest BCUT2D eigenvalue weighted by Gasteiger charge is 2.41. The molecule has 2 heteroatoms. The van der Waals surface area contributed by atoms with Gasteiger partial charge in [-0.1, -0.05) is 6.92 Å². The van der Waals surface area contributed by atoms with Crippen LogP contribution in [0.4, 0.5) is 0 Å². The Labute approximate surface area is 94.4 Å². The van der Waals surface area contributed by atoms with Gasteiger partial charge in [0.25, 0.3) is 0 Å². The third-order valence-electron chi connectivity index (χ3n) is 4.48. The maximum atomic E-state index is 3.35. The van der Waals surface area contributed by atoms with Gasteiger partial charge in [0.1, 0.15) is 0 Å². The van der Waals surface area contributed by atoms with Gasteiger partial charge in [0.2, 0.25) is 0 Å². The van der Waals surface area contributed by atoms with Crippen LogP contribution in [0.1, 0.15) is 46.0 Å². The Hall–Kier alpha value is -0.0800. The third-order valence-corrected chi connectivity index (χ3v) is 4.48. The van der Waals surface area contributed by atoms with Crippen LogP contribution in [0.15, 0.2) is 0 Å². The van der Waals surface area contributed by atoms with Crippen molar-refractivity contribution in [2.24, 2.45) is 5.92 Å². The molecule has 0 spiro atoms. The van der Waals surface area contributed by atoms with E-state index in [1.807, 2.05) is 0 Å². The van der Waals surface area contributed by atoms with Crippen molar-refractivity contribution in [3.63, 3.8) is 0 Å². The molecule has 2 fully saturated rings. The van der Waals surface area contributed by atoms with Crippen molar-refractivity contribution in [1.29, 1.82) is 0 Å². The van der Waals surface area contributed by atoms with Crippen LogP contribution in [-0.4, -0.2) is 36.6 Å². The number of fused-ring (bicyclic) bond motifs is 2. The summed E-state index contributed by atoms with van der Waals surface area (Å²) in [5, 5.41) is 3.35. The van der Waals surface area contributed by atoms with Crippen molar-refractivity contribution < 1.29 is 0 Å². The average Bonchev–Trinajstić information content (AvgIpc) is 2.50. The molecule has 2 saturated heterocycles. The minimum absolute atomic E-state index is 0.804. The van der Waals surface area contributed by atoms with E-state index in [0.29, 0.717) is 0 Å². The third kappa shape index (κ3) is 2.21. The molecule has 3 atom stereocenters. The molecule has 0 aromatic rings. The molecule has 3 unspecified atom stereocenters. The van der Waals surface area contributed by atoms with Gasteiger partial charge in [-0.3, -0.25) is 4.90 Å². The fourth-order valence-corrected chi connectivity index (χ4v) is 3.71. The summed E-state index contributed by atoms with van der Waals surface area (Å²) in [7, 11) is 2.09. The summed E-state index contributed by atoms with van der Waals surface area (Å²) < 4.78 is 0. The predicted molar refractivity (Wildman–Crippen MR) is 65.1 cm³/mol. The second kappa shape index (κ2) is 4.84. The van der Waals surface area contributed by atoms with Crippen LogP contribution in [0.3, 0.4) is 0 Å². The molecular weight excluding hydrogens is 184 g/mol. The van der Waals surface area contributed by atoms with Gasteiger partial charge in [-0.05, 0) is 58.5 Å². The average molecular weight is 210 g/mol. The van der Waals surface area contributed by atoms with Crippen LogP contribution in [0.25, 0.3) is 0 Å². The lowest BCUT2D eigenvalue weighted by atomic mass is 9.89. The van der Waals surface area contributed by atoms with Crippen LogP contribution in [0, 0.1) is 5.92 Å². The lowest BCUT2D eigenvalue weighted by Gasteiger charge is -2.42. The number of hydrogen-bond donors (Lipinski definition) is 1. The molecule has 2 nitrogen and oxygen atoms in total. The highest BCUT2D eigenvalue weighted by molar-refractivity contribution is 4.97. The maximum absolute atomic E-state index is 3.35. The van der Waals surface area contributed by atoms with Crippen molar-refractivity contribution in [1.82, 2.24) is 10.2 Å². The molecule has 1 N–H and O–H groups in total. The van der Waals surface area contributed by atoms with Gasteiger partial charge >= 0.3 is 0 Å². The maximum Gasteiger partial charge on any atom is 0.0105 e. The van der Waals surface area contributed by atoms with E-state index >= 15 is 0 Å². The second-order valence-electron chi connectivity index (χ2n) is 5.48. The molecule has 0 saturated carbocycles. The summed E-state index contributed by atoms with van der Waals surface area (Å²) in [5.74, 6) is 0.938. The van der Waals surface area contributed by atoms with E-state index in [1.54, 1.807) is 0 Å². The van der Waals surface area contributed by atoms with Crippen molar-refractivity contribution >= 4 is 0 Å². The Bertz CT molecular complexity index is 191. The van der Waals surface area contributed by atoms with E-state index in [0.717, 1.165) is 24.0 Å². The summed E-state index contributed by atoms with van der Waals surface area (Å²) in [6.07, 6.45) is 7.08. The van der Waals surface area contributed by atoms with E-state index in [4.69, 9.17) is 0 Å². The fourth-order valence-electron chi connectivity index (χ4n) is 3.71. The van der Waals surface area contributed by atoms with Gasteiger partial charge in [-0.25, -0.2) is 0 Å². The smallest absolute Gasteiger partial charge is 0.0105 e. The molecule has 2 aliphatic heterocycles. The molecule has 15 heavy (non-hydrogen) atoms. The molecule has 0 aliphatic carbocycles. The van der Waals surface area contributed by atoms with E-state index in [9.17, 15) is 0 Å². The van der Waals surface area contributed by atoms with Crippen LogP contribution in [0.5, 0.6) is 0 Å². The largest absolute Gasteiger partial charge is 0.319 e. The molecule has 0 radical (unpaired) electrons. The van der Waals surface area contributed by atoms with Crippen molar-refractivity contribution in [2.45, 2.75) is 64.1 Å². The number of rotatable bonds is 4. The molecule has 0 aromatic carbocycles. The van der Waals surface area contributed by atoms with Crippen molar-refractivity contribution in [2.75, 3.05) is 13.6 Å². The lowest BCUT2D eigenvalue weighted by molar-refractivity contribution is 0.0650. The highest BCUT2D eigenvalue weighted by atomic mass is 15.2. The van der Waals surface area contributed by atoms with Gasteiger partial charge in [0.05, 0.1) is 0 Å². The molecular formula is C13H26N2. The number of nitrogens with one attached hydrogen (secondary N) is 1. The Morgan fingerprint density at radius 1 is 1.27 bits per heavy atom. The number of nitrogens with zero attached hydrogens (tertiary/aromatic N) is 1. The zero-order valence-electron chi connectivity index (χ0n) is 10.5. The molecule has 2 aliphatic rings. The van der Waals surface area contributed by atoms with Crippen LogP contribution < -0.4 is 5.32 Å². The first-order chi connectivity index (χ1) is 7.26. The first-order valence-electron chi connectivity index (χ1n) is 6.68. The van der Waals surface area contributed by atoms with Gasteiger partial charge < -0.3 is 5.32 Å². The van der Waals surface area contributed by atoms with E-state index in [2.05, 4.69) is 31.1 Å². The highest BCUT2D eigenvalue weighted by Crippen LogP contribution is 2.40. The van der Waals surface area contributed by atoms with Gasteiger partial charge in [-0.15, -0.1) is 0 Å². The first kappa shape index (κ1) is 11.4. The molecule has 2 heterocycles. The number of hydrogen-bond acceptors (Lipinski definition) is 2. The zero-order valence-corrected chi connectivity index (χ0v) is 10.5. The molecule has 88 valence electrons. The van der Waals surface area contributed by atoms with Gasteiger partial charge in [0, 0.05) is 18.1 Å². The normalized spacial score (nSPS) is 38.2. The molecule has 2 rings (SSSR count). The minimum Gasteiger partial charge on any atom is -0.319 e. The van der Waals surface area contributed by atoms with Gasteiger partial charge in [0.15, 0.2) is 0 Å². The van der Waals surface area contributed by atoms with E-state index < -0.39 is 0 Å². The summed E-state index contributed by atoms with van der Waals surface area (Å²) in [5.41, 5.74) is 0. The quantitative estimate of drug-likeness (QED) is 0.765. The van der Waals surface area contributed by atoms with Crippen LogP contribution >= 0.6 is 0 Å². The summed E-state index contributed by atoms with van der Waals surface area (Å²) >= 11 is 0. The Balaban J connectivity index is 1.97. The standard InChI is InChI=1S/C13H26N2/c1-4-10(2)15-12-5-6-13(15)8-11(7-12)9-14-3/h10-14H,4-9H2,1-3H3. The van der Waals surface area contributed by atoms with Crippen molar-refractivity contribution in [3.05, 3.63) is 0 Å². The van der Waals surface area contributed by atoms with Crippen molar-refractivity contribution in [3.8, 4) is 0 Å². The second-order valence-corrected chi connectivity index (χ2v) is 5.48. The molecule has 2 bridgehead atoms. The zero-order chi connectivity index (χ0) is 10.8. The SMILES string of the molecule is CCC(C)N1C2CCC1CC(CNC)C2. The minimum atomic E-state index is 0.804. The fraction of sp³-hybridized carbons (Fsp3) is 1.00. The molecule has 0 amide bonds. The summed E-state index contributed by atoms with van der Waals surface area (Å²) in [6, 6.07) is 2.60. The van der Waals surface area contributed by atoms with Gasteiger partial charge in [-0.2, -0.15) is 0 Å². The monoisotopic (exact) mass is 210 g/mol. The van der Waals surface area contributed by atoms with Crippen LogP contribution in [0.2, 0.25) is 0 Å². The predicted octanol–water partition coefficient (Wildman–Crippen LogP) is 2.25. The Kier molecular flexibility index (Phi) is 3.68. The summed E-state index contributed by atoms with van der Waals surface area (Å²) in [4.78, 5) is 2.83. The van der Waals surface area contributed by atoms with E-state index in [-0.39, 0.29) is 0 Å². The van der Waals surface area contributed by atoms with Crippen LogP contribution in [-0.2, 0) is 0 Å². The van der Waals surface area contributed by atoms with E-state index in [1.165, 1.54) is 38.6 Å². The number of piperidine rings is 1. The Morgan fingerprint density at radius 3 is 2.33 bits per heavy atom. The molecule has 0 aromatic heterocycles. The topological polar surface area (TPSA) is 15.3 Å². The first-order valence-corrected chi connectivity index (χ1v) is 6.68. The summed E-state index contributed by atoms with van der Waals surface area (Å²) in [6.45, 7) is 5.95.